The number of benzene rings is 1. The first-order valence-corrected chi connectivity index (χ1v) is 5.81. The molecule has 0 aliphatic carbocycles. The van der Waals surface area contributed by atoms with Crippen molar-refractivity contribution in [2.75, 3.05) is 0 Å². The maximum atomic E-state index is 12.6. The highest BCUT2D eigenvalue weighted by atomic mass is 79.9. The van der Waals surface area contributed by atoms with Crippen LogP contribution in [0, 0.1) is 0 Å². The monoisotopic (exact) mass is 326 g/mol. The van der Waals surface area contributed by atoms with E-state index in [0.717, 1.165) is 6.07 Å². The topological polar surface area (TPSA) is 57.5 Å². The predicted octanol–water partition coefficient (Wildman–Crippen LogP) is 3.58. The number of phenols is 1. The number of hydrogen-bond acceptors (Lipinski definition) is 2. The Hall–Kier alpha value is -1.24. The molecule has 1 aromatic rings. The average Bonchev–Trinajstić information content (AvgIpc) is 2.20. The molecule has 0 amide bonds. The zero-order valence-corrected chi connectivity index (χ0v) is 10.7. The highest BCUT2D eigenvalue weighted by Gasteiger charge is 2.35. The standard InChI is InChI=1S/C11H10BrF3O3/c12-8-5-6(2-1-3-9(16)17)4-7(10(8)18)11(13,14)15/h4-5,18H,1-3H2,(H,16,17). The minimum absolute atomic E-state index is 0.0531. The average molecular weight is 327 g/mol. The van der Waals surface area contributed by atoms with Crippen LogP contribution >= 0.6 is 15.9 Å². The van der Waals surface area contributed by atoms with Crippen LogP contribution in [0.4, 0.5) is 13.2 Å². The van der Waals surface area contributed by atoms with Gasteiger partial charge in [0.05, 0.1) is 10.0 Å². The molecule has 0 fully saturated rings. The first-order chi connectivity index (χ1) is 8.21. The molecular weight excluding hydrogens is 317 g/mol. The molecule has 2 N–H and O–H groups in total. The van der Waals surface area contributed by atoms with Crippen LogP contribution in [0.15, 0.2) is 16.6 Å². The molecule has 1 aromatic carbocycles. The smallest absolute Gasteiger partial charge is 0.420 e. The maximum Gasteiger partial charge on any atom is 0.420 e. The Morgan fingerprint density at radius 2 is 1.94 bits per heavy atom. The van der Waals surface area contributed by atoms with E-state index in [-0.39, 0.29) is 23.7 Å². The van der Waals surface area contributed by atoms with E-state index < -0.39 is 23.5 Å². The summed E-state index contributed by atoms with van der Waals surface area (Å²) in [5.41, 5.74) is -0.796. The van der Waals surface area contributed by atoms with Gasteiger partial charge in [-0.3, -0.25) is 4.79 Å². The highest BCUT2D eigenvalue weighted by molar-refractivity contribution is 9.10. The molecule has 3 nitrogen and oxygen atoms in total. The molecule has 0 atom stereocenters. The third-order valence-corrected chi connectivity index (χ3v) is 2.89. The molecule has 0 aromatic heterocycles. The quantitative estimate of drug-likeness (QED) is 0.889. The van der Waals surface area contributed by atoms with Crippen molar-refractivity contribution in [3.63, 3.8) is 0 Å². The van der Waals surface area contributed by atoms with E-state index in [2.05, 4.69) is 15.9 Å². The van der Waals surface area contributed by atoms with E-state index in [1.807, 2.05) is 0 Å². The zero-order valence-electron chi connectivity index (χ0n) is 9.09. The predicted molar refractivity (Wildman–Crippen MR) is 61.4 cm³/mol. The Bertz CT molecular complexity index is 458. The summed E-state index contributed by atoms with van der Waals surface area (Å²) in [4.78, 5) is 10.3. The fourth-order valence-electron chi connectivity index (χ4n) is 1.46. The van der Waals surface area contributed by atoms with Crippen LogP contribution in [-0.4, -0.2) is 16.2 Å². The summed E-state index contributed by atoms with van der Waals surface area (Å²) < 4.78 is 37.7. The molecule has 0 spiro atoms. The van der Waals surface area contributed by atoms with Gasteiger partial charge in [-0.1, -0.05) is 0 Å². The van der Waals surface area contributed by atoms with Gasteiger partial charge in [0.1, 0.15) is 5.75 Å². The van der Waals surface area contributed by atoms with Gasteiger partial charge in [0.25, 0.3) is 0 Å². The van der Waals surface area contributed by atoms with E-state index in [1.165, 1.54) is 6.07 Å². The van der Waals surface area contributed by atoms with Crippen LogP contribution in [0.5, 0.6) is 5.75 Å². The van der Waals surface area contributed by atoms with Crippen molar-refractivity contribution in [2.24, 2.45) is 0 Å². The molecule has 0 heterocycles. The van der Waals surface area contributed by atoms with Crippen molar-refractivity contribution in [2.45, 2.75) is 25.4 Å². The van der Waals surface area contributed by atoms with E-state index in [4.69, 9.17) is 5.11 Å². The zero-order chi connectivity index (χ0) is 13.9. The van der Waals surface area contributed by atoms with Crippen LogP contribution in [-0.2, 0) is 17.4 Å². The molecule has 0 saturated carbocycles. The van der Waals surface area contributed by atoms with Crippen LogP contribution in [0.25, 0.3) is 0 Å². The Morgan fingerprint density at radius 3 is 2.44 bits per heavy atom. The van der Waals surface area contributed by atoms with Crippen molar-refractivity contribution >= 4 is 21.9 Å². The number of carbonyl (C=O) groups is 1. The van der Waals surface area contributed by atoms with Crippen molar-refractivity contribution in [1.82, 2.24) is 0 Å². The fourth-order valence-corrected chi connectivity index (χ4v) is 1.97. The SMILES string of the molecule is O=C(O)CCCc1cc(Br)c(O)c(C(F)(F)F)c1. The minimum Gasteiger partial charge on any atom is -0.506 e. The number of hydrogen-bond donors (Lipinski definition) is 2. The molecule has 1 rings (SSSR count). The van der Waals surface area contributed by atoms with Gasteiger partial charge < -0.3 is 10.2 Å². The lowest BCUT2D eigenvalue weighted by Gasteiger charge is -2.12. The Labute approximate surface area is 109 Å². The highest BCUT2D eigenvalue weighted by Crippen LogP contribution is 2.40. The number of aliphatic carboxylic acids is 1. The van der Waals surface area contributed by atoms with Gasteiger partial charge >= 0.3 is 12.1 Å². The second-order valence-corrected chi connectivity index (χ2v) is 4.57. The van der Waals surface area contributed by atoms with Gasteiger partial charge in [-0.2, -0.15) is 13.2 Å². The summed E-state index contributed by atoms with van der Waals surface area (Å²) in [6.07, 6.45) is -4.31. The van der Waals surface area contributed by atoms with E-state index in [1.54, 1.807) is 0 Å². The van der Waals surface area contributed by atoms with Gasteiger partial charge in [-0.25, -0.2) is 0 Å². The lowest BCUT2D eigenvalue weighted by atomic mass is 10.0. The molecule has 0 radical (unpaired) electrons. The summed E-state index contributed by atoms with van der Waals surface area (Å²) in [7, 11) is 0. The number of aromatic hydroxyl groups is 1. The van der Waals surface area contributed by atoms with Gasteiger partial charge in [0, 0.05) is 6.42 Å². The molecule has 0 saturated heterocycles. The third kappa shape index (κ3) is 3.90. The summed E-state index contributed by atoms with van der Waals surface area (Å²) >= 11 is 2.84. The Kier molecular flexibility index (Phi) is 4.61. The number of carboxylic acid groups (broad SMARTS) is 1. The van der Waals surface area contributed by atoms with Crippen LogP contribution in [0.2, 0.25) is 0 Å². The number of halogens is 4. The van der Waals surface area contributed by atoms with Gasteiger partial charge in [0.15, 0.2) is 0 Å². The number of aryl methyl sites for hydroxylation is 1. The van der Waals surface area contributed by atoms with Crippen molar-refractivity contribution in [3.8, 4) is 5.75 Å². The fraction of sp³-hybridized carbons (Fsp3) is 0.364. The normalized spacial score (nSPS) is 11.6. The van der Waals surface area contributed by atoms with Crippen LogP contribution in [0.3, 0.4) is 0 Å². The molecule has 0 aliphatic rings. The molecule has 18 heavy (non-hydrogen) atoms. The summed E-state index contributed by atoms with van der Waals surface area (Å²) in [6.45, 7) is 0. The second kappa shape index (κ2) is 5.60. The molecular formula is C11H10BrF3O3. The van der Waals surface area contributed by atoms with Gasteiger partial charge in [-0.15, -0.1) is 0 Å². The van der Waals surface area contributed by atoms with Gasteiger partial charge in [0.2, 0.25) is 0 Å². The van der Waals surface area contributed by atoms with Crippen LogP contribution < -0.4 is 0 Å². The molecule has 0 unspecified atom stereocenters. The maximum absolute atomic E-state index is 12.6. The lowest BCUT2D eigenvalue weighted by molar-refractivity contribution is -0.139. The van der Waals surface area contributed by atoms with E-state index >= 15 is 0 Å². The first-order valence-electron chi connectivity index (χ1n) is 5.02. The molecule has 0 bridgehead atoms. The van der Waals surface area contributed by atoms with Crippen molar-refractivity contribution in [3.05, 3.63) is 27.7 Å². The molecule has 7 heteroatoms. The first kappa shape index (κ1) is 14.8. The summed E-state index contributed by atoms with van der Waals surface area (Å²) in [5.74, 6) is -1.85. The van der Waals surface area contributed by atoms with Crippen LogP contribution in [0.1, 0.15) is 24.0 Å². The second-order valence-electron chi connectivity index (χ2n) is 3.72. The molecule has 0 aliphatic heterocycles. The van der Waals surface area contributed by atoms with Crippen molar-refractivity contribution < 1.29 is 28.2 Å². The van der Waals surface area contributed by atoms with Gasteiger partial charge in [-0.05, 0) is 46.5 Å². The molecule has 100 valence electrons. The largest absolute Gasteiger partial charge is 0.506 e. The Morgan fingerprint density at radius 1 is 1.33 bits per heavy atom. The number of carboxylic acids is 1. The summed E-state index contributed by atoms with van der Waals surface area (Å²) in [5, 5.41) is 17.8. The third-order valence-electron chi connectivity index (χ3n) is 2.28. The Balaban J connectivity index is 2.95. The number of alkyl halides is 3. The summed E-state index contributed by atoms with van der Waals surface area (Å²) in [6, 6.07) is 2.19. The van der Waals surface area contributed by atoms with Crippen molar-refractivity contribution in [1.29, 1.82) is 0 Å². The van der Waals surface area contributed by atoms with E-state index in [9.17, 15) is 23.1 Å². The number of rotatable bonds is 4. The number of phenolic OH excluding ortho intramolecular Hbond substituents is 1. The van der Waals surface area contributed by atoms with E-state index in [0.29, 0.717) is 5.56 Å². The minimum atomic E-state index is -4.64. The lowest BCUT2D eigenvalue weighted by Crippen LogP contribution is -2.07.